The van der Waals surface area contributed by atoms with Crippen LogP contribution in [-0.4, -0.2) is 0 Å². The molecular formula is C54H43N. The first-order chi connectivity index (χ1) is 27.1. The Balaban J connectivity index is 1.04. The molecule has 1 spiro atoms. The topological polar surface area (TPSA) is 3.24 Å². The minimum absolute atomic E-state index is 0.274. The lowest BCUT2D eigenvalue weighted by molar-refractivity contribution is -0.206. The average molecular weight is 706 g/mol. The molecule has 4 fully saturated rings. The highest BCUT2D eigenvalue weighted by molar-refractivity contribution is 6.04. The van der Waals surface area contributed by atoms with Gasteiger partial charge in [0.1, 0.15) is 0 Å². The van der Waals surface area contributed by atoms with E-state index in [9.17, 15) is 0 Å². The van der Waals surface area contributed by atoms with Crippen LogP contribution in [0.1, 0.15) is 48.8 Å². The molecule has 0 radical (unpaired) electrons. The first kappa shape index (κ1) is 31.4. The molecule has 7 aromatic rings. The largest absolute Gasteiger partial charge is 0.310 e. The Bertz CT molecular complexity index is 2630. The maximum atomic E-state index is 4.23. The van der Waals surface area contributed by atoms with Crippen molar-refractivity contribution in [1.82, 2.24) is 0 Å². The van der Waals surface area contributed by atoms with Crippen LogP contribution in [0.25, 0.3) is 50.6 Å². The molecule has 4 saturated carbocycles. The van der Waals surface area contributed by atoms with Gasteiger partial charge in [0.25, 0.3) is 0 Å². The van der Waals surface area contributed by atoms with Gasteiger partial charge in [-0.3, -0.25) is 0 Å². The van der Waals surface area contributed by atoms with Crippen molar-refractivity contribution in [3.8, 4) is 44.5 Å². The van der Waals surface area contributed by atoms with E-state index in [1.165, 1.54) is 82.2 Å². The van der Waals surface area contributed by atoms with E-state index in [0.717, 1.165) is 28.9 Å². The standard InChI is InChI=1S/C54H43N/c1-2-36-15-9-14-24-51(36)52-31-38-33-53(34-39(32-52)54(38,53)35-52)37-25-27-48-49(29-37)46-23-13-12-21-44(46)43-20-10-11-22-45(43)47-28-26-42(30-50(47)48)55(40-16-5-3-6-17-40)41-18-7-4-8-19-41/h2-30,38-39H,1,31-35H2. The van der Waals surface area contributed by atoms with Crippen LogP contribution in [0.2, 0.25) is 0 Å². The van der Waals surface area contributed by atoms with Gasteiger partial charge in [0.05, 0.1) is 0 Å². The van der Waals surface area contributed by atoms with Crippen LogP contribution in [0.5, 0.6) is 0 Å². The van der Waals surface area contributed by atoms with Gasteiger partial charge in [-0.25, -0.2) is 0 Å². The summed E-state index contributed by atoms with van der Waals surface area (Å²) in [5.74, 6) is 1.65. The second-order valence-corrected chi connectivity index (χ2v) is 17.2. The van der Waals surface area contributed by atoms with E-state index >= 15 is 0 Å². The zero-order chi connectivity index (χ0) is 36.4. The fourth-order valence-corrected chi connectivity index (χ4v) is 13.1. The van der Waals surface area contributed by atoms with Crippen LogP contribution in [0.4, 0.5) is 17.1 Å². The number of benzene rings is 7. The second kappa shape index (κ2) is 11.3. The summed E-state index contributed by atoms with van der Waals surface area (Å²) in [7, 11) is 0. The molecule has 0 aromatic heterocycles. The quantitative estimate of drug-likeness (QED) is 0.166. The predicted octanol–water partition coefficient (Wildman–Crippen LogP) is 14.2. The molecule has 0 heterocycles. The number of anilines is 3. The summed E-state index contributed by atoms with van der Waals surface area (Å²) in [5.41, 5.74) is 19.4. The maximum absolute atomic E-state index is 4.23. The summed E-state index contributed by atoms with van der Waals surface area (Å²) in [6, 6.07) is 63.8. The van der Waals surface area contributed by atoms with E-state index in [0.29, 0.717) is 10.8 Å². The normalized spacial score (nSPS) is 25.7. The number of hydrogen-bond acceptors (Lipinski definition) is 1. The molecule has 2 bridgehead atoms. The molecule has 1 heteroatoms. The maximum Gasteiger partial charge on any atom is 0.0468 e. The Morgan fingerprint density at radius 3 is 1.56 bits per heavy atom. The monoisotopic (exact) mass is 705 g/mol. The van der Waals surface area contributed by atoms with Gasteiger partial charge >= 0.3 is 0 Å². The predicted molar refractivity (Wildman–Crippen MR) is 229 cm³/mol. The van der Waals surface area contributed by atoms with Gasteiger partial charge in [-0.2, -0.15) is 0 Å². The van der Waals surface area contributed by atoms with Crippen LogP contribution in [-0.2, 0) is 10.8 Å². The van der Waals surface area contributed by atoms with Crippen molar-refractivity contribution in [3.63, 3.8) is 0 Å². The lowest BCUT2D eigenvalue weighted by atomic mass is 9.29. The molecule has 0 aliphatic heterocycles. The highest BCUT2D eigenvalue weighted by Gasteiger charge is 2.84. The average Bonchev–Trinajstić information content (AvgIpc) is 3.74. The van der Waals surface area contributed by atoms with Crippen molar-refractivity contribution in [2.45, 2.75) is 42.9 Å². The lowest BCUT2D eigenvalue weighted by Gasteiger charge is -2.75. The van der Waals surface area contributed by atoms with Crippen molar-refractivity contribution in [3.05, 3.63) is 193 Å². The van der Waals surface area contributed by atoms with Crippen molar-refractivity contribution < 1.29 is 0 Å². The molecule has 55 heavy (non-hydrogen) atoms. The molecule has 0 amide bonds. The van der Waals surface area contributed by atoms with Gasteiger partial charge in [0.15, 0.2) is 0 Å². The van der Waals surface area contributed by atoms with Crippen LogP contribution < -0.4 is 4.90 Å². The fraction of sp³-hybridized carbons (Fsp3) is 0.185. The molecule has 7 aromatic carbocycles. The highest BCUT2D eigenvalue weighted by atomic mass is 15.1. The molecule has 0 N–H and O–H groups in total. The van der Waals surface area contributed by atoms with Gasteiger partial charge in [-0.05, 0) is 158 Å². The SMILES string of the molecule is C=Cc1ccccc1C12CC3CC4(c5ccc6c(c5)-c5ccccc5-c5ccccc5-c5ccc(N(c7ccccc7)c7ccccc7)cc5-6)CC(C1)C34C2. The van der Waals surface area contributed by atoms with E-state index in [4.69, 9.17) is 0 Å². The summed E-state index contributed by atoms with van der Waals surface area (Å²) < 4.78 is 0. The summed E-state index contributed by atoms with van der Waals surface area (Å²) in [6.07, 6.45) is 8.78. The fourth-order valence-electron chi connectivity index (χ4n) is 13.1. The third-order valence-electron chi connectivity index (χ3n) is 15.1. The summed E-state index contributed by atoms with van der Waals surface area (Å²) in [4.78, 5) is 2.39. The van der Waals surface area contributed by atoms with Crippen LogP contribution in [0.15, 0.2) is 176 Å². The molecule has 264 valence electrons. The highest BCUT2D eigenvalue weighted by Crippen LogP contribution is 2.89. The third kappa shape index (κ3) is 4.09. The van der Waals surface area contributed by atoms with Gasteiger partial charge in [-0.1, -0.05) is 140 Å². The Morgan fingerprint density at radius 1 is 0.455 bits per heavy atom. The number of fused-ring (bicyclic) bond motifs is 9. The number of nitrogens with zero attached hydrogens (tertiary/aromatic N) is 1. The van der Waals surface area contributed by atoms with Gasteiger partial charge in [0.2, 0.25) is 0 Å². The van der Waals surface area contributed by atoms with Crippen LogP contribution in [0, 0.1) is 17.3 Å². The molecule has 5 aliphatic carbocycles. The van der Waals surface area contributed by atoms with E-state index in [1.54, 1.807) is 11.1 Å². The van der Waals surface area contributed by atoms with Crippen molar-refractivity contribution in [1.29, 1.82) is 0 Å². The zero-order valence-electron chi connectivity index (χ0n) is 31.1. The van der Waals surface area contributed by atoms with E-state index in [-0.39, 0.29) is 5.41 Å². The van der Waals surface area contributed by atoms with E-state index in [2.05, 4.69) is 187 Å². The molecule has 2 unspecified atom stereocenters. The summed E-state index contributed by atoms with van der Waals surface area (Å²) in [5, 5.41) is 0. The third-order valence-corrected chi connectivity index (χ3v) is 15.1. The molecule has 1 nitrogen and oxygen atoms in total. The minimum atomic E-state index is 0.274. The van der Waals surface area contributed by atoms with Crippen molar-refractivity contribution in [2.24, 2.45) is 17.3 Å². The molecular weight excluding hydrogens is 663 g/mol. The number of hydrogen-bond donors (Lipinski definition) is 0. The summed E-state index contributed by atoms with van der Waals surface area (Å²) >= 11 is 0. The first-order valence-electron chi connectivity index (χ1n) is 20.2. The minimum Gasteiger partial charge on any atom is -0.310 e. The molecule has 12 rings (SSSR count). The van der Waals surface area contributed by atoms with E-state index in [1.807, 2.05) is 0 Å². The van der Waals surface area contributed by atoms with Crippen molar-refractivity contribution >= 4 is 23.1 Å². The van der Waals surface area contributed by atoms with Crippen LogP contribution >= 0.6 is 0 Å². The van der Waals surface area contributed by atoms with E-state index < -0.39 is 0 Å². The Hall–Kier alpha value is -5.92. The number of para-hydroxylation sites is 2. The van der Waals surface area contributed by atoms with Gasteiger partial charge < -0.3 is 4.90 Å². The molecule has 2 atom stereocenters. The Morgan fingerprint density at radius 2 is 0.945 bits per heavy atom. The van der Waals surface area contributed by atoms with Gasteiger partial charge in [-0.15, -0.1) is 0 Å². The van der Waals surface area contributed by atoms with Gasteiger partial charge in [0, 0.05) is 22.5 Å². The lowest BCUT2D eigenvalue weighted by Crippen LogP contribution is -2.71. The first-order valence-corrected chi connectivity index (χ1v) is 20.2. The second-order valence-electron chi connectivity index (χ2n) is 17.2. The Kier molecular flexibility index (Phi) is 6.46. The Labute approximate surface area is 324 Å². The number of rotatable bonds is 6. The molecule has 0 saturated heterocycles. The van der Waals surface area contributed by atoms with Crippen LogP contribution in [0.3, 0.4) is 0 Å². The zero-order valence-corrected chi connectivity index (χ0v) is 31.1. The molecule has 5 aliphatic rings. The summed E-state index contributed by atoms with van der Waals surface area (Å²) in [6.45, 7) is 4.23. The van der Waals surface area contributed by atoms with Crippen molar-refractivity contribution in [2.75, 3.05) is 4.90 Å². The smallest absolute Gasteiger partial charge is 0.0468 e.